The van der Waals surface area contributed by atoms with Crippen molar-refractivity contribution in [3.05, 3.63) is 53.8 Å². The maximum Gasteiger partial charge on any atom is 0.229 e. The summed E-state index contributed by atoms with van der Waals surface area (Å²) in [6.45, 7) is 2.05. The van der Waals surface area contributed by atoms with Crippen molar-refractivity contribution in [2.24, 2.45) is 5.92 Å². The van der Waals surface area contributed by atoms with Crippen molar-refractivity contribution in [2.75, 3.05) is 23.9 Å². The van der Waals surface area contributed by atoms with Gasteiger partial charge >= 0.3 is 0 Å². The minimum Gasteiger partial charge on any atom is -0.495 e. The van der Waals surface area contributed by atoms with Gasteiger partial charge in [-0.15, -0.1) is 0 Å². The molecule has 130 valence electrons. The number of methoxy groups -OCH3 is 1. The van der Waals surface area contributed by atoms with E-state index in [-0.39, 0.29) is 30.5 Å². The first-order valence-corrected chi connectivity index (χ1v) is 8.00. The zero-order valence-electron chi connectivity index (χ0n) is 14.1. The van der Waals surface area contributed by atoms with Crippen molar-refractivity contribution < 1.29 is 18.7 Å². The molecule has 1 aliphatic rings. The molecule has 1 atom stereocenters. The highest BCUT2D eigenvalue weighted by molar-refractivity contribution is 6.04. The van der Waals surface area contributed by atoms with Gasteiger partial charge in [-0.1, -0.05) is 18.2 Å². The summed E-state index contributed by atoms with van der Waals surface area (Å²) >= 11 is 0. The van der Waals surface area contributed by atoms with Gasteiger partial charge in [-0.3, -0.25) is 9.59 Å². The Morgan fingerprint density at radius 1 is 1.28 bits per heavy atom. The van der Waals surface area contributed by atoms with Crippen LogP contribution in [0.3, 0.4) is 0 Å². The lowest BCUT2D eigenvalue weighted by Crippen LogP contribution is -2.28. The maximum absolute atomic E-state index is 13.8. The van der Waals surface area contributed by atoms with Gasteiger partial charge in [0.1, 0.15) is 11.6 Å². The van der Waals surface area contributed by atoms with Crippen molar-refractivity contribution >= 4 is 23.2 Å². The summed E-state index contributed by atoms with van der Waals surface area (Å²) < 4.78 is 19.1. The molecule has 1 N–H and O–H groups in total. The van der Waals surface area contributed by atoms with Crippen LogP contribution in [0.4, 0.5) is 15.8 Å². The number of halogens is 1. The number of nitrogens with zero attached hydrogens (tertiary/aromatic N) is 1. The molecule has 3 rings (SSSR count). The second kappa shape index (κ2) is 6.93. The smallest absolute Gasteiger partial charge is 0.229 e. The Balaban J connectivity index is 1.76. The van der Waals surface area contributed by atoms with Gasteiger partial charge in [-0.05, 0) is 36.8 Å². The van der Waals surface area contributed by atoms with Gasteiger partial charge in [0.15, 0.2) is 0 Å². The van der Waals surface area contributed by atoms with Crippen LogP contribution in [0.25, 0.3) is 0 Å². The number of carbonyl (C=O) groups is 2. The van der Waals surface area contributed by atoms with E-state index in [0.717, 1.165) is 5.56 Å². The number of hydrogen-bond acceptors (Lipinski definition) is 3. The highest BCUT2D eigenvalue weighted by Crippen LogP contribution is 2.33. The third kappa shape index (κ3) is 3.47. The van der Waals surface area contributed by atoms with Crippen LogP contribution in [0, 0.1) is 18.7 Å². The van der Waals surface area contributed by atoms with Crippen LogP contribution in [0.1, 0.15) is 12.0 Å². The first-order chi connectivity index (χ1) is 12.0. The normalized spacial score (nSPS) is 16.8. The molecule has 2 amide bonds. The van der Waals surface area contributed by atoms with Crippen molar-refractivity contribution in [2.45, 2.75) is 13.3 Å². The van der Waals surface area contributed by atoms with Crippen molar-refractivity contribution in [1.29, 1.82) is 0 Å². The number of hydrogen-bond donors (Lipinski definition) is 1. The average molecular weight is 342 g/mol. The van der Waals surface area contributed by atoms with Crippen molar-refractivity contribution in [1.82, 2.24) is 0 Å². The molecule has 1 aliphatic heterocycles. The topological polar surface area (TPSA) is 58.6 Å². The lowest BCUT2D eigenvalue weighted by atomic mass is 10.1. The van der Waals surface area contributed by atoms with E-state index >= 15 is 0 Å². The van der Waals surface area contributed by atoms with Crippen LogP contribution in [0.15, 0.2) is 42.5 Å². The highest BCUT2D eigenvalue weighted by Gasteiger charge is 2.36. The molecule has 1 fully saturated rings. The molecule has 0 saturated carbocycles. The number of amides is 2. The molecule has 0 aromatic heterocycles. The molecule has 6 heteroatoms. The van der Waals surface area contributed by atoms with E-state index in [1.165, 1.54) is 18.1 Å². The van der Waals surface area contributed by atoms with Crippen LogP contribution in [-0.2, 0) is 9.59 Å². The van der Waals surface area contributed by atoms with Gasteiger partial charge in [0, 0.05) is 13.0 Å². The van der Waals surface area contributed by atoms with E-state index in [9.17, 15) is 14.0 Å². The Labute approximate surface area is 145 Å². The Hall–Kier alpha value is -2.89. The van der Waals surface area contributed by atoms with Crippen molar-refractivity contribution in [3.8, 4) is 5.75 Å². The zero-order chi connectivity index (χ0) is 18.0. The number of anilines is 2. The Morgan fingerprint density at radius 2 is 2.04 bits per heavy atom. The second-order valence-corrected chi connectivity index (χ2v) is 6.05. The number of nitrogens with one attached hydrogen (secondary N) is 1. The lowest BCUT2D eigenvalue weighted by Gasteiger charge is -2.19. The molecule has 5 nitrogen and oxygen atoms in total. The largest absolute Gasteiger partial charge is 0.495 e. The minimum atomic E-state index is -0.544. The molecule has 2 aromatic rings. The fraction of sp³-hybridized carbons (Fsp3) is 0.263. The predicted molar refractivity (Wildman–Crippen MR) is 93.2 cm³/mol. The monoisotopic (exact) mass is 342 g/mol. The molecule has 1 unspecified atom stereocenters. The first-order valence-electron chi connectivity index (χ1n) is 8.00. The lowest BCUT2D eigenvalue weighted by molar-refractivity contribution is -0.122. The molecule has 25 heavy (non-hydrogen) atoms. The molecule has 0 aliphatic carbocycles. The second-order valence-electron chi connectivity index (χ2n) is 6.05. The number of aryl methyl sites for hydroxylation is 1. The predicted octanol–water partition coefficient (Wildman–Crippen LogP) is 3.13. The molecule has 1 heterocycles. The summed E-state index contributed by atoms with van der Waals surface area (Å²) in [6.07, 6.45) is 0.0807. The number of ether oxygens (including phenoxy) is 1. The number of benzene rings is 2. The van der Waals surface area contributed by atoms with Gasteiger partial charge < -0.3 is 15.0 Å². The SMILES string of the molecule is COc1ccccc1N1CC(C(=O)Nc2cc(C)ccc2F)CC1=O. The number of rotatable bonds is 4. The van der Waals surface area contributed by atoms with E-state index in [4.69, 9.17) is 4.74 Å². The van der Waals surface area contributed by atoms with Crippen LogP contribution in [0.2, 0.25) is 0 Å². The Bertz CT molecular complexity index is 822. The van der Waals surface area contributed by atoms with Gasteiger partial charge in [0.25, 0.3) is 0 Å². The molecular weight excluding hydrogens is 323 g/mol. The Kier molecular flexibility index (Phi) is 4.70. The van der Waals surface area contributed by atoms with E-state index in [2.05, 4.69) is 5.32 Å². The molecule has 0 radical (unpaired) electrons. The van der Waals surface area contributed by atoms with E-state index in [0.29, 0.717) is 11.4 Å². The quantitative estimate of drug-likeness (QED) is 0.929. The molecule has 0 bridgehead atoms. The van der Waals surface area contributed by atoms with E-state index < -0.39 is 11.7 Å². The maximum atomic E-state index is 13.8. The fourth-order valence-corrected chi connectivity index (χ4v) is 2.94. The highest BCUT2D eigenvalue weighted by atomic mass is 19.1. The van der Waals surface area contributed by atoms with E-state index in [1.54, 1.807) is 30.3 Å². The third-order valence-corrected chi connectivity index (χ3v) is 4.25. The third-order valence-electron chi connectivity index (χ3n) is 4.25. The average Bonchev–Trinajstić information content (AvgIpc) is 3.00. The molecule has 2 aromatic carbocycles. The van der Waals surface area contributed by atoms with Gasteiger partial charge in [0.2, 0.25) is 11.8 Å². The minimum absolute atomic E-state index is 0.0807. The summed E-state index contributed by atoms with van der Waals surface area (Å²) in [5, 5.41) is 2.59. The number of carbonyl (C=O) groups excluding carboxylic acids is 2. The van der Waals surface area contributed by atoms with Crippen LogP contribution in [-0.4, -0.2) is 25.5 Å². The zero-order valence-corrected chi connectivity index (χ0v) is 14.1. The summed E-state index contributed by atoms with van der Waals surface area (Å²) in [5.41, 5.74) is 1.61. The van der Waals surface area contributed by atoms with Gasteiger partial charge in [-0.2, -0.15) is 0 Å². The standard InChI is InChI=1S/C19H19FN2O3/c1-12-7-8-14(20)15(9-12)21-19(24)13-10-18(23)22(11-13)16-5-3-4-6-17(16)25-2/h3-9,13H,10-11H2,1-2H3,(H,21,24). The molecular formula is C19H19FN2O3. The summed E-state index contributed by atoms with van der Waals surface area (Å²) in [6, 6.07) is 11.7. The van der Waals surface area contributed by atoms with Crippen LogP contribution >= 0.6 is 0 Å². The summed E-state index contributed by atoms with van der Waals surface area (Å²) in [5.74, 6) is -0.992. The van der Waals surface area contributed by atoms with Crippen LogP contribution < -0.4 is 15.0 Å². The Morgan fingerprint density at radius 3 is 2.80 bits per heavy atom. The fourth-order valence-electron chi connectivity index (χ4n) is 2.94. The molecule has 1 saturated heterocycles. The van der Waals surface area contributed by atoms with E-state index in [1.807, 2.05) is 13.0 Å². The summed E-state index contributed by atoms with van der Waals surface area (Å²) in [7, 11) is 1.53. The van der Waals surface area contributed by atoms with Crippen molar-refractivity contribution in [3.63, 3.8) is 0 Å². The first kappa shape index (κ1) is 17.0. The van der Waals surface area contributed by atoms with Gasteiger partial charge in [0.05, 0.1) is 24.4 Å². The van der Waals surface area contributed by atoms with Crippen LogP contribution in [0.5, 0.6) is 5.75 Å². The molecule has 0 spiro atoms. The number of para-hydroxylation sites is 2. The van der Waals surface area contributed by atoms with Gasteiger partial charge in [-0.25, -0.2) is 4.39 Å². The summed E-state index contributed by atoms with van der Waals surface area (Å²) in [4.78, 5) is 26.4.